The summed E-state index contributed by atoms with van der Waals surface area (Å²) in [4.78, 5) is 16.8. The smallest absolute Gasteiger partial charge is 0.316 e. The van der Waals surface area contributed by atoms with Crippen LogP contribution in [-0.2, 0) is 9.53 Å². The number of ether oxygens (including phenoxy) is 3. The first-order valence-electron chi connectivity index (χ1n) is 7.43. The zero-order valence-electron chi connectivity index (χ0n) is 12.8. The number of carbonyl (C=O) groups excluding carboxylic acids is 1. The van der Waals surface area contributed by atoms with Crippen LogP contribution in [0.2, 0.25) is 0 Å². The lowest BCUT2D eigenvalue weighted by Crippen LogP contribution is -2.24. The van der Waals surface area contributed by atoms with Gasteiger partial charge < -0.3 is 14.2 Å². The van der Waals surface area contributed by atoms with Crippen LogP contribution in [0, 0.1) is 5.41 Å². The van der Waals surface area contributed by atoms with Gasteiger partial charge in [-0.1, -0.05) is 12.1 Å². The van der Waals surface area contributed by atoms with Crippen molar-refractivity contribution >= 4 is 16.9 Å². The van der Waals surface area contributed by atoms with E-state index >= 15 is 0 Å². The van der Waals surface area contributed by atoms with Crippen molar-refractivity contribution in [2.24, 2.45) is 5.41 Å². The minimum absolute atomic E-state index is 0.0476. The van der Waals surface area contributed by atoms with Gasteiger partial charge in [-0.3, -0.25) is 4.79 Å². The van der Waals surface area contributed by atoms with Crippen LogP contribution in [0.5, 0.6) is 11.6 Å². The van der Waals surface area contributed by atoms with Crippen LogP contribution in [0.25, 0.3) is 10.9 Å². The normalized spacial score (nSPS) is 27.8. The highest BCUT2D eigenvalue weighted by atomic mass is 16.5. The van der Waals surface area contributed by atoms with Crippen LogP contribution in [0.4, 0.5) is 0 Å². The van der Waals surface area contributed by atoms with Gasteiger partial charge in [0.25, 0.3) is 0 Å². The van der Waals surface area contributed by atoms with E-state index in [-0.39, 0.29) is 18.0 Å². The molecule has 0 spiro atoms. The van der Waals surface area contributed by atoms with E-state index in [1.807, 2.05) is 38.1 Å². The highest BCUT2D eigenvalue weighted by Gasteiger charge is 2.75. The van der Waals surface area contributed by atoms with Gasteiger partial charge >= 0.3 is 5.97 Å². The Morgan fingerprint density at radius 2 is 2.18 bits per heavy atom. The van der Waals surface area contributed by atoms with Crippen LogP contribution in [-0.4, -0.2) is 30.8 Å². The standard InChI is InChI=1S/C17H17NO4/c1-4-21-16(19)17(2)12-11-13(22-14(12)17)9-7-5-6-8-10(9)18-15(11)20-3/h5-8,12,14H,4H2,1-3H3. The molecule has 0 saturated heterocycles. The van der Waals surface area contributed by atoms with Gasteiger partial charge in [0.2, 0.25) is 5.88 Å². The summed E-state index contributed by atoms with van der Waals surface area (Å²) in [6, 6.07) is 7.79. The molecule has 0 radical (unpaired) electrons. The molecule has 4 rings (SSSR count). The Kier molecular flexibility index (Phi) is 2.64. The number of carbonyl (C=O) groups is 1. The number of hydrogen-bond donors (Lipinski definition) is 0. The minimum atomic E-state index is -0.638. The summed E-state index contributed by atoms with van der Waals surface area (Å²) in [5.41, 5.74) is 1.08. The van der Waals surface area contributed by atoms with Gasteiger partial charge in [0.15, 0.2) is 0 Å². The number of nitrogens with zero attached hydrogens (tertiary/aromatic N) is 1. The van der Waals surface area contributed by atoms with Crippen molar-refractivity contribution in [2.45, 2.75) is 25.9 Å². The number of rotatable bonds is 3. The van der Waals surface area contributed by atoms with Crippen molar-refractivity contribution in [1.82, 2.24) is 4.98 Å². The van der Waals surface area contributed by atoms with Crippen molar-refractivity contribution < 1.29 is 19.0 Å². The molecule has 5 nitrogen and oxygen atoms in total. The second-order valence-electron chi connectivity index (χ2n) is 5.90. The molecule has 3 atom stereocenters. The van der Waals surface area contributed by atoms with Crippen LogP contribution >= 0.6 is 0 Å². The Bertz CT molecular complexity index is 788. The first-order valence-corrected chi connectivity index (χ1v) is 7.43. The second-order valence-corrected chi connectivity index (χ2v) is 5.90. The summed E-state index contributed by atoms with van der Waals surface area (Å²) >= 11 is 0. The van der Waals surface area contributed by atoms with Crippen LogP contribution in [0.3, 0.4) is 0 Å². The monoisotopic (exact) mass is 299 g/mol. The molecular weight excluding hydrogens is 282 g/mol. The number of para-hydroxylation sites is 1. The molecule has 0 amide bonds. The molecule has 1 aliphatic heterocycles. The molecule has 0 N–H and O–H groups in total. The number of hydrogen-bond acceptors (Lipinski definition) is 5. The molecule has 5 heteroatoms. The van der Waals surface area contributed by atoms with Crippen molar-refractivity contribution in [3.8, 4) is 11.6 Å². The zero-order valence-corrected chi connectivity index (χ0v) is 12.8. The first kappa shape index (κ1) is 13.4. The van der Waals surface area contributed by atoms with Crippen LogP contribution in [0.1, 0.15) is 25.3 Å². The predicted octanol–water partition coefficient (Wildman–Crippen LogP) is 2.67. The van der Waals surface area contributed by atoms with Crippen LogP contribution in [0.15, 0.2) is 24.3 Å². The molecule has 1 aliphatic carbocycles. The first-order chi connectivity index (χ1) is 10.6. The van der Waals surface area contributed by atoms with Crippen molar-refractivity contribution in [2.75, 3.05) is 13.7 Å². The van der Waals surface area contributed by atoms with E-state index in [0.29, 0.717) is 12.5 Å². The third kappa shape index (κ3) is 1.48. The van der Waals surface area contributed by atoms with Gasteiger partial charge in [0.1, 0.15) is 17.3 Å². The number of methoxy groups -OCH3 is 1. The van der Waals surface area contributed by atoms with Crippen molar-refractivity contribution in [3.05, 3.63) is 29.8 Å². The number of benzene rings is 1. The average Bonchev–Trinajstić information content (AvgIpc) is 2.93. The quantitative estimate of drug-likeness (QED) is 0.816. The van der Waals surface area contributed by atoms with Gasteiger partial charge in [0.05, 0.1) is 30.7 Å². The fraction of sp³-hybridized carbons (Fsp3) is 0.412. The molecule has 2 aliphatic rings. The summed E-state index contributed by atoms with van der Waals surface area (Å²) in [7, 11) is 1.59. The molecule has 0 bridgehead atoms. The van der Waals surface area contributed by atoms with E-state index in [4.69, 9.17) is 14.2 Å². The molecule has 3 unspecified atom stereocenters. The zero-order chi connectivity index (χ0) is 15.5. The molecule has 1 fully saturated rings. The van der Waals surface area contributed by atoms with E-state index in [1.165, 1.54) is 0 Å². The van der Waals surface area contributed by atoms with E-state index in [2.05, 4.69) is 4.98 Å². The van der Waals surface area contributed by atoms with Crippen molar-refractivity contribution in [1.29, 1.82) is 0 Å². The number of pyridine rings is 1. The fourth-order valence-corrected chi connectivity index (χ4v) is 3.50. The lowest BCUT2D eigenvalue weighted by atomic mass is 9.99. The topological polar surface area (TPSA) is 57.7 Å². The molecule has 114 valence electrons. The summed E-state index contributed by atoms with van der Waals surface area (Å²) in [6.07, 6.45) is -0.192. The third-order valence-electron chi connectivity index (χ3n) is 4.74. The lowest BCUT2D eigenvalue weighted by molar-refractivity contribution is -0.150. The van der Waals surface area contributed by atoms with Crippen molar-refractivity contribution in [3.63, 3.8) is 0 Å². The SMILES string of the molecule is CCOC(=O)C1(C)C2Oc3c(c(OC)nc4ccccc34)C21. The second kappa shape index (κ2) is 4.35. The minimum Gasteiger partial charge on any atom is -0.487 e. The van der Waals surface area contributed by atoms with Gasteiger partial charge in [-0.05, 0) is 26.0 Å². The van der Waals surface area contributed by atoms with E-state index < -0.39 is 5.41 Å². The maximum Gasteiger partial charge on any atom is 0.316 e. The highest BCUT2D eigenvalue weighted by Crippen LogP contribution is 2.69. The Morgan fingerprint density at radius 3 is 2.91 bits per heavy atom. The molecular formula is C17H17NO4. The molecule has 1 saturated carbocycles. The van der Waals surface area contributed by atoms with E-state index in [9.17, 15) is 4.79 Å². The molecule has 22 heavy (non-hydrogen) atoms. The van der Waals surface area contributed by atoms with Gasteiger partial charge in [0, 0.05) is 5.39 Å². The summed E-state index contributed by atoms with van der Waals surface area (Å²) in [5.74, 6) is 1.06. The van der Waals surface area contributed by atoms with E-state index in [1.54, 1.807) is 7.11 Å². The maximum absolute atomic E-state index is 12.3. The number of aromatic nitrogens is 1. The van der Waals surface area contributed by atoms with E-state index in [0.717, 1.165) is 22.2 Å². The lowest BCUT2D eigenvalue weighted by Gasteiger charge is -2.18. The Morgan fingerprint density at radius 1 is 1.41 bits per heavy atom. The fourth-order valence-electron chi connectivity index (χ4n) is 3.50. The summed E-state index contributed by atoms with van der Waals surface area (Å²) < 4.78 is 16.8. The summed E-state index contributed by atoms with van der Waals surface area (Å²) in [5, 5.41) is 0.955. The van der Waals surface area contributed by atoms with Crippen LogP contribution < -0.4 is 9.47 Å². The Labute approximate surface area is 128 Å². The largest absolute Gasteiger partial charge is 0.487 e. The van der Waals surface area contributed by atoms with Gasteiger partial charge in [-0.25, -0.2) is 4.98 Å². The molecule has 1 aromatic heterocycles. The number of esters is 1. The number of fused-ring (bicyclic) bond motifs is 5. The Hall–Kier alpha value is -2.30. The van der Waals surface area contributed by atoms with Gasteiger partial charge in [-0.2, -0.15) is 0 Å². The van der Waals surface area contributed by atoms with Gasteiger partial charge in [-0.15, -0.1) is 0 Å². The third-order valence-corrected chi connectivity index (χ3v) is 4.74. The average molecular weight is 299 g/mol. The maximum atomic E-state index is 12.3. The molecule has 1 aromatic carbocycles. The molecule has 2 aromatic rings. The highest BCUT2D eigenvalue weighted by molar-refractivity contribution is 5.92. The predicted molar refractivity (Wildman–Crippen MR) is 80.2 cm³/mol. The molecule has 2 heterocycles. The summed E-state index contributed by atoms with van der Waals surface area (Å²) in [6.45, 7) is 4.07. The Balaban J connectivity index is 1.85.